The summed E-state index contributed by atoms with van der Waals surface area (Å²) in [7, 11) is 0. The Morgan fingerprint density at radius 3 is 2.70 bits per heavy atom. The van der Waals surface area contributed by atoms with Crippen molar-refractivity contribution in [1.82, 2.24) is 14.8 Å². The predicted molar refractivity (Wildman–Crippen MR) is 89.8 cm³/mol. The van der Waals surface area contributed by atoms with Crippen LogP contribution in [0.25, 0.3) is 5.82 Å². The van der Waals surface area contributed by atoms with E-state index in [0.29, 0.717) is 18.2 Å². The molecule has 1 atom stereocenters. The fraction of sp³-hybridized carbons (Fsp3) is 0.471. The number of carbonyl (C=O) groups excluding carboxylic acids is 1. The van der Waals surface area contributed by atoms with Crippen LogP contribution in [0.15, 0.2) is 30.5 Å². The van der Waals surface area contributed by atoms with Gasteiger partial charge in [0.25, 0.3) is 5.91 Å². The highest BCUT2D eigenvalue weighted by Crippen LogP contribution is 2.25. The maximum Gasteiger partial charge on any atom is 0.254 e. The van der Waals surface area contributed by atoms with Gasteiger partial charge in [0.1, 0.15) is 11.9 Å². The van der Waals surface area contributed by atoms with Gasteiger partial charge in [0.05, 0.1) is 5.69 Å². The SMILES string of the molecule is CCOC(C)C(=O)Nc1cc(C(C)(C)C)nn1-c1ccccn1. The molecule has 23 heavy (non-hydrogen) atoms. The zero-order valence-corrected chi connectivity index (χ0v) is 14.3. The lowest BCUT2D eigenvalue weighted by atomic mass is 9.92. The Morgan fingerprint density at radius 2 is 2.13 bits per heavy atom. The largest absolute Gasteiger partial charge is 0.369 e. The van der Waals surface area contributed by atoms with E-state index in [2.05, 4.69) is 36.2 Å². The lowest BCUT2D eigenvalue weighted by molar-refractivity contribution is -0.126. The fourth-order valence-electron chi connectivity index (χ4n) is 2.04. The summed E-state index contributed by atoms with van der Waals surface area (Å²) in [5, 5.41) is 7.49. The van der Waals surface area contributed by atoms with E-state index in [0.717, 1.165) is 5.69 Å². The summed E-state index contributed by atoms with van der Waals surface area (Å²) in [4.78, 5) is 16.6. The van der Waals surface area contributed by atoms with Gasteiger partial charge in [-0.1, -0.05) is 26.8 Å². The van der Waals surface area contributed by atoms with Gasteiger partial charge in [-0.2, -0.15) is 9.78 Å². The molecule has 2 aromatic rings. The number of ether oxygens (including phenoxy) is 1. The smallest absolute Gasteiger partial charge is 0.254 e. The molecular formula is C17H24N4O2. The second-order valence-electron chi connectivity index (χ2n) is 6.35. The molecule has 2 heterocycles. The Hall–Kier alpha value is -2.21. The molecule has 6 heteroatoms. The highest BCUT2D eigenvalue weighted by molar-refractivity contribution is 5.93. The highest BCUT2D eigenvalue weighted by atomic mass is 16.5. The van der Waals surface area contributed by atoms with Crippen LogP contribution in [-0.2, 0) is 14.9 Å². The molecule has 0 fully saturated rings. The van der Waals surface area contributed by atoms with E-state index in [1.54, 1.807) is 17.8 Å². The molecular weight excluding hydrogens is 292 g/mol. The van der Waals surface area contributed by atoms with Crippen LogP contribution >= 0.6 is 0 Å². The number of hydrogen-bond donors (Lipinski definition) is 1. The van der Waals surface area contributed by atoms with Gasteiger partial charge < -0.3 is 10.1 Å². The average Bonchev–Trinajstić information content (AvgIpc) is 2.92. The molecule has 2 rings (SSSR count). The molecule has 0 aliphatic rings. The number of nitrogens with zero attached hydrogens (tertiary/aromatic N) is 3. The molecule has 124 valence electrons. The zero-order valence-electron chi connectivity index (χ0n) is 14.3. The highest BCUT2D eigenvalue weighted by Gasteiger charge is 2.23. The van der Waals surface area contributed by atoms with Crippen LogP contribution in [-0.4, -0.2) is 33.4 Å². The summed E-state index contributed by atoms with van der Waals surface area (Å²) < 4.78 is 6.99. The Balaban J connectivity index is 2.37. The molecule has 1 unspecified atom stereocenters. The first kappa shape index (κ1) is 17.1. The van der Waals surface area contributed by atoms with Gasteiger partial charge in [0.15, 0.2) is 5.82 Å². The normalized spacial score (nSPS) is 12.9. The summed E-state index contributed by atoms with van der Waals surface area (Å²) >= 11 is 0. The third kappa shape index (κ3) is 4.16. The fourth-order valence-corrected chi connectivity index (χ4v) is 2.04. The second kappa shape index (κ2) is 6.91. The van der Waals surface area contributed by atoms with E-state index in [-0.39, 0.29) is 11.3 Å². The summed E-state index contributed by atoms with van der Waals surface area (Å²) in [6.07, 6.45) is 1.17. The molecule has 0 radical (unpaired) electrons. The van der Waals surface area contributed by atoms with Crippen molar-refractivity contribution in [2.75, 3.05) is 11.9 Å². The van der Waals surface area contributed by atoms with Crippen LogP contribution in [0.2, 0.25) is 0 Å². The molecule has 1 N–H and O–H groups in total. The van der Waals surface area contributed by atoms with E-state index in [9.17, 15) is 4.79 Å². The van der Waals surface area contributed by atoms with Crippen molar-refractivity contribution in [3.05, 3.63) is 36.2 Å². The maximum atomic E-state index is 12.2. The number of aromatic nitrogens is 3. The van der Waals surface area contributed by atoms with Crippen molar-refractivity contribution in [2.45, 2.75) is 46.1 Å². The van der Waals surface area contributed by atoms with Gasteiger partial charge in [-0.25, -0.2) is 4.98 Å². The van der Waals surface area contributed by atoms with Crippen LogP contribution in [0, 0.1) is 0 Å². The zero-order chi connectivity index (χ0) is 17.0. The van der Waals surface area contributed by atoms with Crippen LogP contribution in [0.5, 0.6) is 0 Å². The Bertz CT molecular complexity index is 659. The quantitative estimate of drug-likeness (QED) is 0.921. The summed E-state index contributed by atoms with van der Waals surface area (Å²) in [5.74, 6) is 1.04. The van der Waals surface area contributed by atoms with Crippen LogP contribution < -0.4 is 5.32 Å². The number of carbonyl (C=O) groups is 1. The van der Waals surface area contributed by atoms with Gasteiger partial charge in [-0.15, -0.1) is 0 Å². The van der Waals surface area contributed by atoms with E-state index in [1.807, 2.05) is 31.2 Å². The van der Waals surface area contributed by atoms with Crippen LogP contribution in [0.4, 0.5) is 5.82 Å². The lowest BCUT2D eigenvalue weighted by Gasteiger charge is -2.13. The molecule has 0 spiro atoms. The van der Waals surface area contributed by atoms with Crippen molar-refractivity contribution in [3.63, 3.8) is 0 Å². The van der Waals surface area contributed by atoms with Crippen molar-refractivity contribution in [2.24, 2.45) is 0 Å². The van der Waals surface area contributed by atoms with Gasteiger partial charge in [-0.3, -0.25) is 4.79 Å². The van der Waals surface area contributed by atoms with E-state index >= 15 is 0 Å². The molecule has 0 bridgehead atoms. The predicted octanol–water partition coefficient (Wildman–Crippen LogP) is 2.93. The number of pyridine rings is 1. The number of nitrogens with one attached hydrogen (secondary N) is 1. The Kier molecular flexibility index (Phi) is 5.15. The van der Waals surface area contributed by atoms with Crippen LogP contribution in [0.1, 0.15) is 40.3 Å². The van der Waals surface area contributed by atoms with Crippen molar-refractivity contribution >= 4 is 11.7 Å². The van der Waals surface area contributed by atoms with Gasteiger partial charge in [0, 0.05) is 24.3 Å². The molecule has 2 aromatic heterocycles. The number of hydrogen-bond acceptors (Lipinski definition) is 4. The van der Waals surface area contributed by atoms with Crippen LogP contribution in [0.3, 0.4) is 0 Å². The van der Waals surface area contributed by atoms with Crippen molar-refractivity contribution in [3.8, 4) is 5.82 Å². The molecule has 1 amide bonds. The lowest BCUT2D eigenvalue weighted by Crippen LogP contribution is -2.28. The first-order chi connectivity index (χ1) is 10.8. The monoisotopic (exact) mass is 316 g/mol. The average molecular weight is 316 g/mol. The number of amides is 1. The Labute approximate surface area is 136 Å². The molecule has 0 aliphatic carbocycles. The van der Waals surface area contributed by atoms with Gasteiger partial charge in [-0.05, 0) is 26.0 Å². The topological polar surface area (TPSA) is 69.0 Å². The second-order valence-corrected chi connectivity index (χ2v) is 6.35. The van der Waals surface area contributed by atoms with E-state index < -0.39 is 6.10 Å². The summed E-state index contributed by atoms with van der Waals surface area (Å²) in [5.41, 5.74) is 0.743. The molecule has 0 aromatic carbocycles. The van der Waals surface area contributed by atoms with Crippen molar-refractivity contribution < 1.29 is 9.53 Å². The first-order valence-corrected chi connectivity index (χ1v) is 7.77. The Morgan fingerprint density at radius 1 is 1.39 bits per heavy atom. The number of anilines is 1. The van der Waals surface area contributed by atoms with Gasteiger partial charge in [0.2, 0.25) is 0 Å². The van der Waals surface area contributed by atoms with Crippen molar-refractivity contribution in [1.29, 1.82) is 0 Å². The van der Waals surface area contributed by atoms with Gasteiger partial charge >= 0.3 is 0 Å². The molecule has 6 nitrogen and oxygen atoms in total. The van der Waals surface area contributed by atoms with E-state index in [1.165, 1.54) is 0 Å². The first-order valence-electron chi connectivity index (χ1n) is 7.77. The maximum absolute atomic E-state index is 12.2. The minimum Gasteiger partial charge on any atom is -0.369 e. The summed E-state index contributed by atoms with van der Waals surface area (Å²) in [6.45, 7) is 10.3. The summed E-state index contributed by atoms with van der Waals surface area (Å²) in [6, 6.07) is 7.45. The molecule has 0 saturated heterocycles. The minimum absolute atomic E-state index is 0.134. The van der Waals surface area contributed by atoms with E-state index in [4.69, 9.17) is 4.74 Å². The molecule has 0 saturated carbocycles. The standard InChI is InChI=1S/C17H24N4O2/c1-6-23-12(2)16(22)19-15-11-13(17(3,4)5)20-21(15)14-9-7-8-10-18-14/h7-12H,6H2,1-5H3,(H,19,22). The third-order valence-corrected chi connectivity index (χ3v) is 3.38. The third-order valence-electron chi connectivity index (χ3n) is 3.38. The minimum atomic E-state index is -0.523. The number of rotatable bonds is 5. The molecule has 0 aliphatic heterocycles.